The quantitative estimate of drug-likeness (QED) is 0.204. The lowest BCUT2D eigenvalue weighted by molar-refractivity contribution is -0.145. The molecule has 1 aromatic carbocycles. The van der Waals surface area contributed by atoms with E-state index in [-0.39, 0.29) is 35.2 Å². The van der Waals surface area contributed by atoms with Crippen molar-refractivity contribution < 1.29 is 23.4 Å². The molecule has 11 nitrogen and oxygen atoms in total. The van der Waals surface area contributed by atoms with E-state index in [1.54, 1.807) is 42.8 Å². The number of carbonyl (C=O) groups is 1. The van der Waals surface area contributed by atoms with Crippen LogP contribution in [0.3, 0.4) is 0 Å². The first kappa shape index (κ1) is 33.5. The largest absolute Gasteiger partial charge is 0.478 e. The van der Waals surface area contributed by atoms with Crippen molar-refractivity contribution in [2.45, 2.75) is 38.5 Å². The highest BCUT2D eigenvalue weighted by atomic mass is 35.5. The Hall–Kier alpha value is -4.99. The van der Waals surface area contributed by atoms with Gasteiger partial charge in [0.25, 0.3) is 5.56 Å². The Kier molecular flexibility index (Phi) is 8.96. The summed E-state index contributed by atoms with van der Waals surface area (Å²) in [6, 6.07) is 9.18. The third kappa shape index (κ3) is 6.16. The van der Waals surface area contributed by atoms with E-state index in [1.165, 1.54) is 22.1 Å². The van der Waals surface area contributed by atoms with Gasteiger partial charge in [-0.2, -0.15) is 14.0 Å². The van der Waals surface area contributed by atoms with Crippen LogP contribution in [-0.2, 0) is 11.3 Å². The third-order valence-corrected chi connectivity index (χ3v) is 10.5. The SMILES string of the molecule is Cc1nc2cnc(N3CCN(C4(COC(F)F)CC4)CC3)c(C#N)c2c(=O)n1CC#Cc1ccc(Cl)cc1-c1ccnc2c(C(=O)O)csc12. The Morgan fingerprint density at radius 1 is 1.18 bits per heavy atom. The molecular formula is C35H28ClF2N7O4S. The number of aromatic nitrogens is 4. The smallest absolute Gasteiger partial charge is 0.345 e. The fraction of sp³-hybridized carbons (Fsp3) is 0.314. The number of nitrogens with zero attached hydrogens (tertiary/aromatic N) is 7. The molecule has 15 heteroatoms. The highest BCUT2D eigenvalue weighted by molar-refractivity contribution is 7.18. The van der Waals surface area contributed by atoms with E-state index >= 15 is 0 Å². The van der Waals surface area contributed by atoms with E-state index < -0.39 is 18.1 Å². The van der Waals surface area contributed by atoms with Crippen molar-refractivity contribution in [3.63, 3.8) is 0 Å². The first-order valence-corrected chi connectivity index (χ1v) is 16.9. The van der Waals surface area contributed by atoms with Crippen LogP contribution in [0.5, 0.6) is 0 Å². The van der Waals surface area contributed by atoms with Crippen molar-refractivity contribution >= 4 is 55.8 Å². The Morgan fingerprint density at radius 3 is 2.66 bits per heavy atom. The molecule has 1 saturated heterocycles. The van der Waals surface area contributed by atoms with Crippen LogP contribution in [0.15, 0.2) is 46.8 Å². The molecule has 0 atom stereocenters. The number of aromatic carboxylic acids is 1. The van der Waals surface area contributed by atoms with E-state index in [2.05, 4.69) is 42.5 Å². The molecule has 7 rings (SSSR count). The fourth-order valence-corrected chi connectivity index (χ4v) is 7.71. The normalized spacial score (nSPS) is 15.6. The average Bonchev–Trinajstić information content (AvgIpc) is 3.77. The second kappa shape index (κ2) is 13.4. The molecule has 4 aromatic heterocycles. The summed E-state index contributed by atoms with van der Waals surface area (Å²) in [6.07, 6.45) is 4.63. The van der Waals surface area contributed by atoms with E-state index in [1.807, 2.05) is 4.90 Å². The Morgan fingerprint density at radius 2 is 1.96 bits per heavy atom. The number of nitriles is 1. The number of thiophene rings is 1. The molecule has 0 unspecified atom stereocenters. The lowest BCUT2D eigenvalue weighted by atomic mass is 10.00. The first-order valence-electron chi connectivity index (χ1n) is 15.7. The van der Waals surface area contributed by atoms with Crippen LogP contribution < -0.4 is 10.5 Å². The standard InChI is InChI=1S/C35H28ClF2N7O4S/c1-20-42-27-17-41-31(43-11-13-44(14-12-43)35(7-8-35)19-49-34(37)38)25(16-39)28(27)32(46)45(20)10-2-3-21-4-5-22(36)15-24(21)23-6-9-40-29-26(33(47)48)18-50-30(23)29/h4-6,9,15,17-18,34H,7-8,10-14,19H2,1H3,(H,47,48). The second-order valence-corrected chi connectivity index (χ2v) is 13.4. The number of halogens is 3. The lowest BCUT2D eigenvalue weighted by Gasteiger charge is -2.40. The summed E-state index contributed by atoms with van der Waals surface area (Å²) in [6.45, 7) is 0.986. The molecule has 1 saturated carbocycles. The molecule has 5 aromatic rings. The van der Waals surface area contributed by atoms with Crippen LogP contribution in [0.4, 0.5) is 14.6 Å². The van der Waals surface area contributed by atoms with Gasteiger partial charge in [-0.1, -0.05) is 23.4 Å². The van der Waals surface area contributed by atoms with Gasteiger partial charge in [-0.25, -0.2) is 14.8 Å². The summed E-state index contributed by atoms with van der Waals surface area (Å²) in [5.74, 6) is 5.93. The minimum atomic E-state index is -2.81. The van der Waals surface area contributed by atoms with E-state index in [9.17, 15) is 28.7 Å². The number of hydrogen-bond donors (Lipinski definition) is 1. The number of carboxylic acid groups (broad SMARTS) is 1. The topological polar surface area (TPSA) is 137 Å². The number of ether oxygens (including phenoxy) is 1. The predicted octanol–water partition coefficient (Wildman–Crippen LogP) is 5.55. The van der Waals surface area contributed by atoms with Crippen LogP contribution in [0, 0.1) is 30.1 Å². The van der Waals surface area contributed by atoms with E-state index in [0.29, 0.717) is 69.7 Å². The van der Waals surface area contributed by atoms with Gasteiger partial charge in [0, 0.05) is 65.0 Å². The number of pyridine rings is 2. The number of rotatable bonds is 8. The van der Waals surface area contributed by atoms with Gasteiger partial charge in [-0.15, -0.1) is 11.3 Å². The number of aryl methyl sites for hydroxylation is 1. The van der Waals surface area contributed by atoms with Crippen molar-refractivity contribution in [1.82, 2.24) is 24.4 Å². The maximum absolute atomic E-state index is 14.0. The van der Waals surface area contributed by atoms with E-state index in [4.69, 9.17) is 11.6 Å². The maximum atomic E-state index is 14.0. The van der Waals surface area contributed by atoms with Crippen LogP contribution in [0.2, 0.25) is 5.02 Å². The Labute approximate surface area is 293 Å². The zero-order valence-electron chi connectivity index (χ0n) is 26.6. The van der Waals surface area contributed by atoms with Crippen molar-refractivity contribution in [3.8, 4) is 29.0 Å². The summed E-state index contributed by atoms with van der Waals surface area (Å²) < 4.78 is 32.1. The van der Waals surface area contributed by atoms with Gasteiger partial charge in [0.2, 0.25) is 0 Å². The number of carboxylic acids is 1. The van der Waals surface area contributed by atoms with Gasteiger partial charge in [0.05, 0.1) is 46.0 Å². The van der Waals surface area contributed by atoms with E-state index in [0.717, 1.165) is 18.4 Å². The third-order valence-electron chi connectivity index (χ3n) is 9.25. The van der Waals surface area contributed by atoms with Gasteiger partial charge < -0.3 is 14.7 Å². The number of fused-ring (bicyclic) bond motifs is 2. The number of anilines is 1. The van der Waals surface area contributed by atoms with Gasteiger partial charge in [-0.05, 0) is 44.0 Å². The summed E-state index contributed by atoms with van der Waals surface area (Å²) in [7, 11) is 0. The molecule has 0 bridgehead atoms. The minimum absolute atomic E-state index is 0.0203. The predicted molar refractivity (Wildman–Crippen MR) is 185 cm³/mol. The van der Waals surface area contributed by atoms with Crippen molar-refractivity contribution in [2.24, 2.45) is 0 Å². The molecule has 0 amide bonds. The molecule has 50 heavy (non-hydrogen) atoms. The van der Waals surface area contributed by atoms with Crippen LogP contribution in [-0.4, -0.2) is 80.4 Å². The van der Waals surface area contributed by atoms with Crippen molar-refractivity contribution in [2.75, 3.05) is 37.7 Å². The zero-order valence-corrected chi connectivity index (χ0v) is 28.2. The monoisotopic (exact) mass is 715 g/mol. The Bertz CT molecular complexity index is 2330. The molecule has 2 aliphatic rings. The van der Waals surface area contributed by atoms with Gasteiger partial charge in [-0.3, -0.25) is 19.2 Å². The van der Waals surface area contributed by atoms with Crippen molar-refractivity contribution in [3.05, 3.63) is 79.9 Å². The summed E-state index contributed by atoms with van der Waals surface area (Å²) in [5, 5.41) is 22.0. The molecule has 2 fully saturated rings. The van der Waals surface area contributed by atoms with Gasteiger partial charge in [0.15, 0.2) is 0 Å². The number of piperazine rings is 1. The van der Waals surface area contributed by atoms with Crippen LogP contribution in [0.25, 0.3) is 32.2 Å². The average molecular weight is 716 g/mol. The van der Waals surface area contributed by atoms with Crippen LogP contribution in [0.1, 0.15) is 40.2 Å². The summed E-state index contributed by atoms with van der Waals surface area (Å²) in [5.41, 5.74) is 2.14. The van der Waals surface area contributed by atoms with Gasteiger partial charge >= 0.3 is 12.6 Å². The highest BCUT2D eigenvalue weighted by Gasteiger charge is 2.49. The lowest BCUT2D eigenvalue weighted by Crippen LogP contribution is -2.53. The summed E-state index contributed by atoms with van der Waals surface area (Å²) >= 11 is 7.65. The van der Waals surface area contributed by atoms with Crippen LogP contribution >= 0.6 is 22.9 Å². The second-order valence-electron chi connectivity index (χ2n) is 12.1. The zero-order chi connectivity index (χ0) is 35.2. The number of hydrogen-bond acceptors (Lipinski definition) is 10. The fourth-order valence-electron chi connectivity index (χ4n) is 6.51. The Balaban J connectivity index is 1.18. The maximum Gasteiger partial charge on any atom is 0.345 e. The molecule has 0 radical (unpaired) electrons. The molecule has 1 N–H and O–H groups in total. The van der Waals surface area contributed by atoms with Gasteiger partial charge in [0.1, 0.15) is 23.3 Å². The molecule has 5 heterocycles. The van der Waals surface area contributed by atoms with Crippen molar-refractivity contribution in [1.29, 1.82) is 5.26 Å². The number of benzene rings is 1. The molecule has 0 spiro atoms. The highest BCUT2D eigenvalue weighted by Crippen LogP contribution is 2.43. The number of alkyl halides is 2. The molecule has 1 aliphatic carbocycles. The first-order chi connectivity index (χ1) is 24.1. The molecular weight excluding hydrogens is 688 g/mol. The minimum Gasteiger partial charge on any atom is -0.478 e. The summed E-state index contributed by atoms with van der Waals surface area (Å²) in [4.78, 5) is 43.2. The molecule has 254 valence electrons. The molecule has 1 aliphatic heterocycles.